The van der Waals surface area contributed by atoms with Crippen LogP contribution in [0.25, 0.3) is 10.9 Å². The lowest BCUT2D eigenvalue weighted by molar-refractivity contribution is 0.176. The minimum atomic E-state index is -0.546. The van der Waals surface area contributed by atoms with Crippen molar-refractivity contribution in [3.8, 4) is 0 Å². The summed E-state index contributed by atoms with van der Waals surface area (Å²) < 4.78 is 7.72. The van der Waals surface area contributed by atoms with Gasteiger partial charge in [-0.25, -0.2) is 4.68 Å². The molecule has 1 atom stereocenters. The zero-order valence-electron chi connectivity index (χ0n) is 22.1. The fourth-order valence-electron chi connectivity index (χ4n) is 5.77. The summed E-state index contributed by atoms with van der Waals surface area (Å²) in [6, 6.07) is 17.4. The molecule has 0 spiro atoms. The molecule has 0 aliphatic heterocycles. The molecule has 6 rings (SSSR count). The molecule has 8 nitrogen and oxygen atoms in total. The average molecular weight is 543 g/mol. The number of rotatable bonds is 8. The summed E-state index contributed by atoms with van der Waals surface area (Å²) in [7, 11) is 0. The van der Waals surface area contributed by atoms with Crippen molar-refractivity contribution in [3.63, 3.8) is 0 Å². The summed E-state index contributed by atoms with van der Waals surface area (Å²) in [4.78, 5) is 19.2. The molecule has 0 bridgehead atoms. The summed E-state index contributed by atoms with van der Waals surface area (Å²) in [6.45, 7) is 4.97. The number of hydrogen-bond donors (Lipinski definition) is 1. The van der Waals surface area contributed by atoms with Crippen LogP contribution in [0.4, 0.5) is 0 Å². The molecule has 0 saturated heterocycles. The minimum absolute atomic E-state index is 0.161. The van der Waals surface area contributed by atoms with Gasteiger partial charge in [-0.05, 0) is 78.1 Å². The SMILES string of the molecule is Cc1ccc(C)c2[nH]c(=O)c(C(c3nnnn3C3CCCC3)N(Cc3ccco3)Cc3ccccc3Cl)cc12. The highest BCUT2D eigenvalue weighted by Gasteiger charge is 2.34. The van der Waals surface area contributed by atoms with E-state index in [0.29, 0.717) is 29.5 Å². The molecule has 5 aromatic rings. The van der Waals surface area contributed by atoms with E-state index in [1.165, 1.54) is 0 Å². The maximum Gasteiger partial charge on any atom is 0.253 e. The van der Waals surface area contributed by atoms with Crippen molar-refractivity contribution < 1.29 is 4.42 Å². The molecule has 2 aromatic carbocycles. The summed E-state index contributed by atoms with van der Waals surface area (Å²) in [5, 5.41) is 14.8. The first-order chi connectivity index (χ1) is 19.0. The molecule has 1 unspecified atom stereocenters. The fourth-order valence-corrected chi connectivity index (χ4v) is 5.97. The standard InChI is InChI=1S/C30H31ClN6O2/c1-19-13-14-20(2)27-24(19)16-25(30(38)32-27)28(29-33-34-35-37(29)22-9-4-5-10-22)36(18-23-11-7-15-39-23)17-21-8-3-6-12-26(21)31/h3,6-8,11-16,22,28H,4-5,9-10,17-18H2,1-2H3,(H,32,38). The number of nitrogens with one attached hydrogen (secondary N) is 1. The maximum absolute atomic E-state index is 13.9. The van der Waals surface area contributed by atoms with E-state index in [1.54, 1.807) is 6.26 Å². The van der Waals surface area contributed by atoms with Crippen molar-refractivity contribution in [2.45, 2.75) is 64.7 Å². The second-order valence-corrected chi connectivity index (χ2v) is 10.8. The number of furan rings is 1. The number of fused-ring (bicyclic) bond motifs is 1. The molecule has 3 heterocycles. The van der Waals surface area contributed by atoms with Crippen molar-refractivity contribution in [1.82, 2.24) is 30.1 Å². The number of aromatic amines is 1. The number of tetrazole rings is 1. The first-order valence-corrected chi connectivity index (χ1v) is 13.8. The van der Waals surface area contributed by atoms with E-state index in [2.05, 4.69) is 38.4 Å². The smallest absolute Gasteiger partial charge is 0.253 e. The van der Waals surface area contributed by atoms with E-state index in [1.807, 2.05) is 60.1 Å². The molecular formula is C30H31ClN6O2. The maximum atomic E-state index is 13.9. The molecule has 1 saturated carbocycles. The van der Waals surface area contributed by atoms with Gasteiger partial charge in [0.05, 0.1) is 24.4 Å². The number of nitrogens with zero attached hydrogens (tertiary/aromatic N) is 5. The van der Waals surface area contributed by atoms with Gasteiger partial charge in [0.1, 0.15) is 11.8 Å². The van der Waals surface area contributed by atoms with E-state index in [4.69, 9.17) is 16.0 Å². The van der Waals surface area contributed by atoms with Crippen molar-refractivity contribution >= 4 is 22.5 Å². The third-order valence-corrected chi connectivity index (χ3v) is 8.20. The largest absolute Gasteiger partial charge is 0.468 e. The first-order valence-electron chi connectivity index (χ1n) is 13.4. The third-order valence-electron chi connectivity index (χ3n) is 7.84. The number of H-pyrrole nitrogens is 1. The van der Waals surface area contributed by atoms with Crippen LogP contribution < -0.4 is 5.56 Å². The number of halogens is 1. The third kappa shape index (κ3) is 5.02. The number of aryl methyl sites for hydroxylation is 2. The highest BCUT2D eigenvalue weighted by Crippen LogP contribution is 2.36. The van der Waals surface area contributed by atoms with E-state index in [-0.39, 0.29) is 11.6 Å². The van der Waals surface area contributed by atoms with E-state index in [9.17, 15) is 4.79 Å². The number of benzene rings is 2. The Morgan fingerprint density at radius 2 is 1.87 bits per heavy atom. The Bertz CT molecular complexity index is 1650. The predicted octanol–water partition coefficient (Wildman–Crippen LogP) is 6.28. The Kier molecular flexibility index (Phi) is 7.06. The lowest BCUT2D eigenvalue weighted by Crippen LogP contribution is -2.35. The van der Waals surface area contributed by atoms with Crippen LogP contribution in [0.5, 0.6) is 0 Å². The highest BCUT2D eigenvalue weighted by molar-refractivity contribution is 6.31. The molecule has 1 N–H and O–H groups in total. The molecule has 1 fully saturated rings. The Morgan fingerprint density at radius 3 is 2.64 bits per heavy atom. The van der Waals surface area contributed by atoms with Gasteiger partial charge in [0.2, 0.25) is 0 Å². The van der Waals surface area contributed by atoms with Crippen LogP contribution in [0.1, 0.15) is 71.6 Å². The molecule has 0 radical (unpaired) electrons. The Hall–Kier alpha value is -3.75. The van der Waals surface area contributed by atoms with Crippen LogP contribution in [0, 0.1) is 13.8 Å². The fraction of sp³-hybridized carbons (Fsp3) is 0.333. The summed E-state index contributed by atoms with van der Waals surface area (Å²) in [5.41, 5.74) is 4.33. The second kappa shape index (κ2) is 10.8. The monoisotopic (exact) mass is 542 g/mol. The molecular weight excluding hydrogens is 512 g/mol. The Morgan fingerprint density at radius 1 is 1.08 bits per heavy atom. The van der Waals surface area contributed by atoms with E-state index >= 15 is 0 Å². The lowest BCUT2D eigenvalue weighted by atomic mass is 9.98. The molecule has 3 aromatic heterocycles. The zero-order chi connectivity index (χ0) is 26.9. The van der Waals surface area contributed by atoms with E-state index in [0.717, 1.165) is 59.0 Å². The highest BCUT2D eigenvalue weighted by atomic mass is 35.5. The molecule has 1 aliphatic rings. The molecule has 0 amide bonds. The van der Waals surface area contributed by atoms with Gasteiger partial charge in [-0.15, -0.1) is 5.10 Å². The van der Waals surface area contributed by atoms with Gasteiger partial charge in [-0.3, -0.25) is 9.69 Å². The average Bonchev–Trinajstić information content (AvgIpc) is 3.71. The van der Waals surface area contributed by atoms with Crippen molar-refractivity contribution in [1.29, 1.82) is 0 Å². The normalized spacial score (nSPS) is 15.0. The summed E-state index contributed by atoms with van der Waals surface area (Å²) in [6.07, 6.45) is 5.97. The number of aromatic nitrogens is 5. The van der Waals surface area contributed by atoms with Crippen LogP contribution in [0.2, 0.25) is 5.02 Å². The topological polar surface area (TPSA) is 92.8 Å². The van der Waals surface area contributed by atoms with Crippen LogP contribution >= 0.6 is 11.6 Å². The number of hydrogen-bond acceptors (Lipinski definition) is 6. The quantitative estimate of drug-likeness (QED) is 0.248. The van der Waals surface area contributed by atoms with Gasteiger partial charge < -0.3 is 9.40 Å². The van der Waals surface area contributed by atoms with Crippen molar-refractivity contribution in [3.05, 3.63) is 110 Å². The van der Waals surface area contributed by atoms with Crippen molar-refractivity contribution in [2.75, 3.05) is 0 Å². The summed E-state index contributed by atoms with van der Waals surface area (Å²) in [5.74, 6) is 1.42. The van der Waals surface area contributed by atoms with Crippen LogP contribution in [0.3, 0.4) is 0 Å². The zero-order valence-corrected chi connectivity index (χ0v) is 22.9. The predicted molar refractivity (Wildman–Crippen MR) is 151 cm³/mol. The Balaban J connectivity index is 1.57. The molecule has 200 valence electrons. The van der Waals surface area contributed by atoms with Gasteiger partial charge in [-0.2, -0.15) is 0 Å². The Labute approximate surface area is 231 Å². The van der Waals surface area contributed by atoms with Gasteiger partial charge in [0.25, 0.3) is 5.56 Å². The molecule has 1 aliphatic carbocycles. The lowest BCUT2D eigenvalue weighted by Gasteiger charge is -2.31. The second-order valence-electron chi connectivity index (χ2n) is 10.4. The minimum Gasteiger partial charge on any atom is -0.468 e. The van der Waals surface area contributed by atoms with E-state index < -0.39 is 6.04 Å². The van der Waals surface area contributed by atoms with Gasteiger partial charge >= 0.3 is 0 Å². The van der Waals surface area contributed by atoms with Crippen LogP contribution in [-0.4, -0.2) is 30.1 Å². The first kappa shape index (κ1) is 25.5. The van der Waals surface area contributed by atoms with Gasteiger partial charge in [-0.1, -0.05) is 54.8 Å². The van der Waals surface area contributed by atoms with Crippen LogP contribution in [-0.2, 0) is 13.1 Å². The van der Waals surface area contributed by atoms with Gasteiger partial charge in [0, 0.05) is 22.5 Å². The molecule has 9 heteroatoms. The van der Waals surface area contributed by atoms with Gasteiger partial charge in [0.15, 0.2) is 5.82 Å². The molecule has 39 heavy (non-hydrogen) atoms. The van der Waals surface area contributed by atoms with Crippen LogP contribution in [0.15, 0.2) is 70.1 Å². The van der Waals surface area contributed by atoms with Crippen molar-refractivity contribution in [2.24, 2.45) is 0 Å². The number of pyridine rings is 1. The summed E-state index contributed by atoms with van der Waals surface area (Å²) >= 11 is 6.64.